The first kappa shape index (κ1) is 9.12. The number of nitrogens with two attached hydrogens (primary N) is 1. The van der Waals surface area contributed by atoms with E-state index >= 15 is 0 Å². The molecule has 1 aliphatic heterocycles. The normalized spacial score (nSPS) is 15.6. The first-order valence-electron chi connectivity index (χ1n) is 4.02. The van der Waals surface area contributed by atoms with Gasteiger partial charge in [0.15, 0.2) is 5.84 Å². The van der Waals surface area contributed by atoms with Gasteiger partial charge in [0.25, 0.3) is 0 Å². The third-order valence-corrected chi connectivity index (χ3v) is 1.47. The van der Waals surface area contributed by atoms with Crippen molar-refractivity contribution in [1.82, 2.24) is 14.9 Å². The molecule has 9 heteroatoms. The molecule has 15 heavy (non-hydrogen) atoms. The molecule has 1 aromatic rings. The van der Waals surface area contributed by atoms with Crippen LogP contribution in [0.15, 0.2) is 31.9 Å². The summed E-state index contributed by atoms with van der Waals surface area (Å²) in [6, 6.07) is 0. The molecular formula is C6H7N9. The molecule has 1 aliphatic rings. The van der Waals surface area contributed by atoms with Crippen molar-refractivity contribution in [2.24, 2.45) is 25.5 Å². The Morgan fingerprint density at radius 3 is 3.07 bits per heavy atom. The number of rotatable bonds is 2. The van der Waals surface area contributed by atoms with Crippen molar-refractivity contribution >= 4 is 24.2 Å². The lowest BCUT2D eigenvalue weighted by Crippen LogP contribution is -1.98. The molecule has 0 aliphatic carbocycles. The van der Waals surface area contributed by atoms with Gasteiger partial charge in [0.05, 0.1) is 6.21 Å². The van der Waals surface area contributed by atoms with Gasteiger partial charge < -0.3 is 5.73 Å². The molecule has 0 fully saturated rings. The van der Waals surface area contributed by atoms with Gasteiger partial charge >= 0.3 is 0 Å². The molecule has 76 valence electrons. The number of aliphatic imine (C=N–C) groups is 1. The SMILES string of the molecule is Nc1nncn1/N=C\C=NC1=NN=NC1. The summed E-state index contributed by atoms with van der Waals surface area (Å²) in [5.74, 6) is 0.751. The van der Waals surface area contributed by atoms with E-state index in [1.54, 1.807) is 0 Å². The Hall–Kier alpha value is -2.45. The largest absolute Gasteiger partial charge is 0.366 e. The molecule has 0 atom stereocenters. The Morgan fingerprint density at radius 1 is 1.47 bits per heavy atom. The molecule has 9 nitrogen and oxygen atoms in total. The quantitative estimate of drug-likeness (QED) is 0.658. The fourth-order valence-electron chi connectivity index (χ4n) is 0.825. The van der Waals surface area contributed by atoms with Crippen LogP contribution in [-0.4, -0.2) is 39.7 Å². The molecule has 0 unspecified atom stereocenters. The molecule has 1 aromatic heterocycles. The maximum Gasteiger partial charge on any atom is 0.242 e. The zero-order chi connectivity index (χ0) is 10.5. The lowest BCUT2D eigenvalue weighted by molar-refractivity contribution is 0.894. The second-order valence-corrected chi connectivity index (χ2v) is 2.48. The van der Waals surface area contributed by atoms with E-state index in [0.29, 0.717) is 12.4 Å². The van der Waals surface area contributed by atoms with Crippen LogP contribution in [0.1, 0.15) is 0 Å². The molecule has 0 bridgehead atoms. The highest BCUT2D eigenvalue weighted by molar-refractivity contribution is 6.19. The predicted molar refractivity (Wildman–Crippen MR) is 54.0 cm³/mol. The zero-order valence-electron chi connectivity index (χ0n) is 7.59. The van der Waals surface area contributed by atoms with Crippen molar-refractivity contribution in [1.29, 1.82) is 0 Å². The summed E-state index contributed by atoms with van der Waals surface area (Å²) in [6.07, 6.45) is 4.30. The Kier molecular flexibility index (Phi) is 2.54. The number of anilines is 1. The van der Waals surface area contributed by atoms with Crippen LogP contribution in [0.5, 0.6) is 0 Å². The minimum Gasteiger partial charge on any atom is -0.366 e. The number of hydrogen-bond acceptors (Lipinski definition) is 8. The molecular weight excluding hydrogens is 198 g/mol. The molecule has 0 aromatic carbocycles. The fourth-order valence-corrected chi connectivity index (χ4v) is 0.825. The molecule has 0 radical (unpaired) electrons. The van der Waals surface area contributed by atoms with Crippen LogP contribution in [-0.2, 0) is 0 Å². The number of nitrogens with zero attached hydrogens (tertiary/aromatic N) is 8. The molecule has 0 amide bonds. The highest BCUT2D eigenvalue weighted by Crippen LogP contribution is 1.94. The van der Waals surface area contributed by atoms with Crippen molar-refractivity contribution in [3.8, 4) is 0 Å². The average molecular weight is 205 g/mol. The minimum absolute atomic E-state index is 0.211. The van der Waals surface area contributed by atoms with E-state index in [1.807, 2.05) is 0 Å². The van der Waals surface area contributed by atoms with Gasteiger partial charge in [-0.3, -0.25) is 0 Å². The van der Waals surface area contributed by atoms with Crippen LogP contribution in [0, 0.1) is 0 Å². The second-order valence-electron chi connectivity index (χ2n) is 2.48. The van der Waals surface area contributed by atoms with Gasteiger partial charge in [-0.2, -0.15) is 14.9 Å². The van der Waals surface area contributed by atoms with Gasteiger partial charge in [-0.15, -0.1) is 15.3 Å². The van der Waals surface area contributed by atoms with Crippen molar-refractivity contribution in [2.45, 2.75) is 0 Å². The number of nitrogen functional groups attached to an aromatic ring is 1. The van der Waals surface area contributed by atoms with Crippen LogP contribution >= 0.6 is 0 Å². The molecule has 2 heterocycles. The van der Waals surface area contributed by atoms with E-state index in [4.69, 9.17) is 5.73 Å². The zero-order valence-corrected chi connectivity index (χ0v) is 7.59. The van der Waals surface area contributed by atoms with Crippen molar-refractivity contribution in [3.05, 3.63) is 6.33 Å². The average Bonchev–Trinajstić information content (AvgIpc) is 2.85. The number of hydrogen-bond donors (Lipinski definition) is 1. The van der Waals surface area contributed by atoms with E-state index in [-0.39, 0.29) is 5.95 Å². The van der Waals surface area contributed by atoms with Crippen LogP contribution < -0.4 is 5.73 Å². The smallest absolute Gasteiger partial charge is 0.242 e. The molecule has 0 saturated carbocycles. The van der Waals surface area contributed by atoms with Crippen LogP contribution in [0.2, 0.25) is 0 Å². The van der Waals surface area contributed by atoms with Gasteiger partial charge in [-0.25, -0.2) is 4.99 Å². The summed E-state index contributed by atoms with van der Waals surface area (Å²) in [5.41, 5.74) is 5.42. The maximum absolute atomic E-state index is 5.42. The van der Waals surface area contributed by atoms with Gasteiger partial charge in [0.1, 0.15) is 12.9 Å². The Bertz CT molecular complexity index is 451. The monoisotopic (exact) mass is 205 g/mol. The van der Waals surface area contributed by atoms with E-state index in [9.17, 15) is 0 Å². The standard InChI is InChI=1S/C6H7N9/c7-6-13-10-4-15(6)11-2-1-8-5-3-9-14-12-5/h1-2,4H,3H2,(H2,7,13)/b8-1?,11-2-. The topological polar surface area (TPSA) is 119 Å². The van der Waals surface area contributed by atoms with Crippen molar-refractivity contribution in [2.75, 3.05) is 12.3 Å². The summed E-state index contributed by atoms with van der Waals surface area (Å²) >= 11 is 0. The van der Waals surface area contributed by atoms with E-state index < -0.39 is 0 Å². The lowest BCUT2D eigenvalue weighted by atomic mass is 10.6. The number of amidine groups is 1. The maximum atomic E-state index is 5.42. The molecule has 2 N–H and O–H groups in total. The summed E-state index contributed by atoms with van der Waals surface area (Å²) in [5, 5.41) is 21.7. The highest BCUT2D eigenvalue weighted by Gasteiger charge is 1.98. The third kappa shape index (κ3) is 2.27. The predicted octanol–water partition coefficient (Wildman–Crippen LogP) is -0.456. The Labute approximate surface area is 84.1 Å². The minimum atomic E-state index is 0.211. The van der Waals surface area contributed by atoms with Gasteiger partial charge in [0.2, 0.25) is 5.95 Å². The summed E-state index contributed by atoms with van der Waals surface area (Å²) < 4.78 is 1.32. The Balaban J connectivity index is 1.93. The third-order valence-electron chi connectivity index (χ3n) is 1.47. The van der Waals surface area contributed by atoms with Crippen LogP contribution in [0.3, 0.4) is 0 Å². The van der Waals surface area contributed by atoms with E-state index in [1.165, 1.54) is 23.4 Å². The summed E-state index contributed by atoms with van der Waals surface area (Å²) in [7, 11) is 0. The van der Waals surface area contributed by atoms with Crippen LogP contribution in [0.4, 0.5) is 5.95 Å². The lowest BCUT2D eigenvalue weighted by Gasteiger charge is -1.89. The van der Waals surface area contributed by atoms with Crippen LogP contribution in [0.25, 0.3) is 0 Å². The first-order chi connectivity index (χ1) is 7.36. The highest BCUT2D eigenvalue weighted by atomic mass is 15.5. The van der Waals surface area contributed by atoms with Gasteiger partial charge in [0, 0.05) is 6.21 Å². The van der Waals surface area contributed by atoms with Gasteiger partial charge in [-0.05, 0) is 5.22 Å². The molecule has 0 saturated heterocycles. The Morgan fingerprint density at radius 2 is 2.40 bits per heavy atom. The summed E-state index contributed by atoms with van der Waals surface area (Å²) in [4.78, 5) is 3.95. The van der Waals surface area contributed by atoms with Gasteiger partial charge in [-0.1, -0.05) is 0 Å². The molecule has 2 rings (SSSR count). The van der Waals surface area contributed by atoms with E-state index in [0.717, 1.165) is 0 Å². The molecule has 0 spiro atoms. The van der Waals surface area contributed by atoms with E-state index in [2.05, 4.69) is 35.7 Å². The number of aromatic nitrogens is 3. The van der Waals surface area contributed by atoms with Crippen molar-refractivity contribution < 1.29 is 0 Å². The second kappa shape index (κ2) is 4.17. The first-order valence-corrected chi connectivity index (χ1v) is 4.02. The van der Waals surface area contributed by atoms with Crippen molar-refractivity contribution in [3.63, 3.8) is 0 Å². The fraction of sp³-hybridized carbons (Fsp3) is 0.167. The summed E-state index contributed by atoms with van der Waals surface area (Å²) in [6.45, 7) is 0.402.